The van der Waals surface area contributed by atoms with Crippen molar-refractivity contribution < 1.29 is 4.79 Å². The molecule has 104 valence electrons. The molecule has 5 nitrogen and oxygen atoms in total. The van der Waals surface area contributed by atoms with Crippen molar-refractivity contribution in [3.05, 3.63) is 22.7 Å². The van der Waals surface area contributed by atoms with E-state index in [1.165, 1.54) is 6.20 Å². The maximum absolute atomic E-state index is 12.5. The molecule has 0 bridgehead atoms. The smallest absolute Gasteiger partial charge is 0.274 e. The van der Waals surface area contributed by atoms with Crippen LogP contribution in [-0.2, 0) is 0 Å². The number of aromatic nitrogens is 2. The summed E-state index contributed by atoms with van der Waals surface area (Å²) < 4.78 is 0. The second-order valence-corrected chi connectivity index (χ2v) is 5.55. The molecule has 6 heteroatoms. The van der Waals surface area contributed by atoms with E-state index in [1.807, 2.05) is 13.8 Å². The molecule has 19 heavy (non-hydrogen) atoms. The zero-order valence-electron chi connectivity index (χ0n) is 11.5. The first-order valence-corrected chi connectivity index (χ1v) is 6.88. The van der Waals surface area contributed by atoms with E-state index in [1.54, 1.807) is 11.9 Å². The van der Waals surface area contributed by atoms with E-state index in [4.69, 9.17) is 11.6 Å². The monoisotopic (exact) mass is 282 g/mol. The Bertz CT molecular complexity index is 472. The van der Waals surface area contributed by atoms with E-state index in [2.05, 4.69) is 15.3 Å². The molecule has 1 amide bonds. The lowest BCUT2D eigenvalue weighted by Crippen LogP contribution is -2.39. The van der Waals surface area contributed by atoms with Gasteiger partial charge in [-0.25, -0.2) is 9.97 Å². The van der Waals surface area contributed by atoms with Crippen molar-refractivity contribution in [1.82, 2.24) is 20.2 Å². The Labute approximate surface area is 118 Å². The quantitative estimate of drug-likeness (QED) is 0.916. The van der Waals surface area contributed by atoms with Gasteiger partial charge in [-0.1, -0.05) is 25.4 Å². The number of nitrogens with zero attached hydrogens (tertiary/aromatic N) is 3. The van der Waals surface area contributed by atoms with Gasteiger partial charge in [-0.05, 0) is 13.0 Å². The van der Waals surface area contributed by atoms with Gasteiger partial charge >= 0.3 is 0 Å². The van der Waals surface area contributed by atoms with E-state index >= 15 is 0 Å². The number of likely N-dealkylation sites (N-methyl/N-ethyl adjacent to an activating group) is 1. The highest BCUT2D eigenvalue weighted by Gasteiger charge is 2.26. The molecule has 2 rings (SSSR count). The molecule has 2 heterocycles. The Morgan fingerprint density at radius 2 is 2.32 bits per heavy atom. The van der Waals surface area contributed by atoms with Gasteiger partial charge in [-0.15, -0.1) is 0 Å². The highest BCUT2D eigenvalue weighted by atomic mass is 35.5. The average Bonchev–Trinajstić information content (AvgIpc) is 2.91. The molecule has 1 aliphatic heterocycles. The maximum Gasteiger partial charge on any atom is 0.274 e. The third-order valence-electron chi connectivity index (χ3n) is 3.38. The van der Waals surface area contributed by atoms with Crippen LogP contribution in [0.5, 0.6) is 0 Å². The second kappa shape index (κ2) is 5.84. The van der Waals surface area contributed by atoms with Crippen molar-refractivity contribution in [2.24, 2.45) is 0 Å². The lowest BCUT2D eigenvalue weighted by Gasteiger charge is -2.23. The fourth-order valence-electron chi connectivity index (χ4n) is 2.11. The van der Waals surface area contributed by atoms with Crippen LogP contribution in [0.1, 0.15) is 42.5 Å². The predicted octanol–water partition coefficient (Wildman–Crippen LogP) is 1.69. The summed E-state index contributed by atoms with van der Waals surface area (Å²) in [5.74, 6) is 0.677. The Kier molecular flexibility index (Phi) is 4.37. The van der Waals surface area contributed by atoms with Crippen molar-refractivity contribution in [2.45, 2.75) is 32.2 Å². The summed E-state index contributed by atoms with van der Waals surface area (Å²) in [5, 5.41) is 3.56. The van der Waals surface area contributed by atoms with Gasteiger partial charge in [0.25, 0.3) is 5.91 Å². The van der Waals surface area contributed by atoms with Crippen LogP contribution in [0.4, 0.5) is 0 Å². The zero-order valence-corrected chi connectivity index (χ0v) is 12.2. The minimum atomic E-state index is -0.136. The molecule has 0 saturated carbocycles. The zero-order chi connectivity index (χ0) is 14.0. The van der Waals surface area contributed by atoms with E-state index in [9.17, 15) is 4.79 Å². The highest BCUT2D eigenvalue weighted by Crippen LogP contribution is 2.19. The van der Waals surface area contributed by atoms with E-state index in [0.29, 0.717) is 16.5 Å². The number of nitrogens with one attached hydrogen (secondary N) is 1. The van der Waals surface area contributed by atoms with E-state index in [0.717, 1.165) is 19.5 Å². The maximum atomic E-state index is 12.5. The van der Waals surface area contributed by atoms with Gasteiger partial charge in [0.15, 0.2) is 5.69 Å². The third kappa shape index (κ3) is 3.04. The van der Waals surface area contributed by atoms with Crippen molar-refractivity contribution in [3.8, 4) is 0 Å². The van der Waals surface area contributed by atoms with Crippen molar-refractivity contribution in [3.63, 3.8) is 0 Å². The van der Waals surface area contributed by atoms with Crippen LogP contribution in [0.25, 0.3) is 0 Å². The first kappa shape index (κ1) is 14.2. The summed E-state index contributed by atoms with van der Waals surface area (Å²) in [4.78, 5) is 22.6. The first-order valence-electron chi connectivity index (χ1n) is 6.51. The lowest BCUT2D eigenvalue weighted by atomic mass is 10.2. The summed E-state index contributed by atoms with van der Waals surface area (Å²) in [6.45, 7) is 5.74. The molecule has 0 radical (unpaired) electrons. The minimum Gasteiger partial charge on any atom is -0.336 e. The van der Waals surface area contributed by atoms with Crippen molar-refractivity contribution >= 4 is 17.5 Å². The predicted molar refractivity (Wildman–Crippen MR) is 74.5 cm³/mol. The van der Waals surface area contributed by atoms with Gasteiger partial charge < -0.3 is 10.2 Å². The summed E-state index contributed by atoms with van der Waals surface area (Å²) in [7, 11) is 1.80. The normalized spacial score (nSPS) is 18.9. The van der Waals surface area contributed by atoms with Crippen LogP contribution < -0.4 is 5.32 Å². The number of carbonyl (C=O) groups is 1. The van der Waals surface area contributed by atoms with Crippen LogP contribution in [0.2, 0.25) is 5.02 Å². The van der Waals surface area contributed by atoms with E-state index in [-0.39, 0.29) is 17.9 Å². The Balaban J connectivity index is 2.24. The number of hydrogen-bond acceptors (Lipinski definition) is 4. The minimum absolute atomic E-state index is 0.136. The first-order chi connectivity index (χ1) is 9.00. The molecule has 1 unspecified atom stereocenters. The molecule has 1 atom stereocenters. The molecule has 1 fully saturated rings. The van der Waals surface area contributed by atoms with Gasteiger partial charge in [0.2, 0.25) is 0 Å². The fraction of sp³-hybridized carbons (Fsp3) is 0.615. The number of hydrogen-bond donors (Lipinski definition) is 1. The van der Waals surface area contributed by atoms with Gasteiger partial charge in [-0.2, -0.15) is 0 Å². The largest absolute Gasteiger partial charge is 0.336 e. The third-order valence-corrected chi connectivity index (χ3v) is 3.66. The molecule has 0 aliphatic carbocycles. The Morgan fingerprint density at radius 3 is 2.89 bits per heavy atom. The summed E-state index contributed by atoms with van der Waals surface area (Å²) >= 11 is 6.06. The molecule has 1 saturated heterocycles. The molecular weight excluding hydrogens is 264 g/mol. The standard InChI is InChI=1S/C13H19ClN4O/c1-8(2)12-16-7-10(14)11(17-12)13(19)18(3)9-4-5-15-6-9/h7-9,15H,4-6H2,1-3H3. The van der Waals surface area contributed by atoms with Crippen LogP contribution in [0.3, 0.4) is 0 Å². The number of rotatable bonds is 3. The molecule has 1 aromatic rings. The van der Waals surface area contributed by atoms with Gasteiger partial charge in [0, 0.05) is 25.6 Å². The summed E-state index contributed by atoms with van der Waals surface area (Å²) in [6.07, 6.45) is 2.47. The molecule has 1 N–H and O–H groups in total. The van der Waals surface area contributed by atoms with E-state index < -0.39 is 0 Å². The Morgan fingerprint density at radius 1 is 1.58 bits per heavy atom. The molecule has 0 aromatic carbocycles. The van der Waals surface area contributed by atoms with Crippen LogP contribution in [0.15, 0.2) is 6.20 Å². The molecule has 1 aromatic heterocycles. The highest BCUT2D eigenvalue weighted by molar-refractivity contribution is 6.33. The van der Waals surface area contributed by atoms with Crippen LogP contribution in [0, 0.1) is 0 Å². The summed E-state index contributed by atoms with van der Waals surface area (Å²) in [6, 6.07) is 0.209. The second-order valence-electron chi connectivity index (χ2n) is 5.14. The van der Waals surface area contributed by atoms with Crippen LogP contribution in [-0.4, -0.2) is 47.0 Å². The SMILES string of the molecule is CC(C)c1ncc(Cl)c(C(=O)N(C)C2CCNC2)n1. The lowest BCUT2D eigenvalue weighted by molar-refractivity contribution is 0.0737. The molecule has 0 spiro atoms. The van der Waals surface area contributed by atoms with Gasteiger partial charge in [-0.3, -0.25) is 4.79 Å². The average molecular weight is 283 g/mol. The number of carbonyl (C=O) groups excluding carboxylic acids is 1. The molecular formula is C13H19ClN4O. The number of amides is 1. The van der Waals surface area contributed by atoms with Gasteiger partial charge in [0.05, 0.1) is 11.2 Å². The topological polar surface area (TPSA) is 58.1 Å². The fourth-order valence-corrected chi connectivity index (χ4v) is 2.28. The molecule has 1 aliphatic rings. The van der Waals surface area contributed by atoms with Crippen molar-refractivity contribution in [1.29, 1.82) is 0 Å². The van der Waals surface area contributed by atoms with Crippen LogP contribution >= 0.6 is 11.6 Å². The Hall–Kier alpha value is -1.20. The summed E-state index contributed by atoms with van der Waals surface area (Å²) in [5.41, 5.74) is 0.301. The number of halogens is 1. The van der Waals surface area contributed by atoms with Crippen molar-refractivity contribution in [2.75, 3.05) is 20.1 Å². The van der Waals surface area contributed by atoms with Gasteiger partial charge in [0.1, 0.15) is 5.82 Å².